The first kappa shape index (κ1) is 19.7. The first-order valence-electron chi connectivity index (χ1n) is 7.58. The molecular formula is C16H27IO5. The summed E-state index contributed by atoms with van der Waals surface area (Å²) in [5.41, 5.74) is -1.30. The second-order valence-electron chi connectivity index (χ2n) is 7.90. The van der Waals surface area contributed by atoms with Crippen molar-refractivity contribution in [1.82, 2.24) is 0 Å². The van der Waals surface area contributed by atoms with Gasteiger partial charge in [0.05, 0.1) is 10.8 Å². The van der Waals surface area contributed by atoms with Crippen LogP contribution in [-0.2, 0) is 19.1 Å². The molecule has 0 heterocycles. The molecule has 1 fully saturated rings. The summed E-state index contributed by atoms with van der Waals surface area (Å²) in [6.07, 6.45) is -0.951. The average Bonchev–Trinajstić information content (AvgIpc) is 2.35. The van der Waals surface area contributed by atoms with E-state index in [0.717, 1.165) is 0 Å². The number of aliphatic hydroxyl groups excluding tert-OH is 1. The smallest absolute Gasteiger partial charge is 0.311 e. The topological polar surface area (TPSA) is 72.8 Å². The number of hydrogen-bond acceptors (Lipinski definition) is 5. The van der Waals surface area contributed by atoms with Crippen molar-refractivity contribution in [2.24, 2.45) is 10.8 Å². The van der Waals surface area contributed by atoms with Crippen molar-refractivity contribution in [1.29, 1.82) is 0 Å². The van der Waals surface area contributed by atoms with Crippen LogP contribution in [-0.4, -0.2) is 39.3 Å². The van der Waals surface area contributed by atoms with Crippen LogP contribution in [0.2, 0.25) is 0 Å². The highest BCUT2D eigenvalue weighted by Gasteiger charge is 2.44. The summed E-state index contributed by atoms with van der Waals surface area (Å²) < 4.78 is 11.0. The fourth-order valence-corrected chi connectivity index (χ4v) is 2.74. The summed E-state index contributed by atoms with van der Waals surface area (Å²) in [7, 11) is 0. The van der Waals surface area contributed by atoms with Crippen LogP contribution in [0.4, 0.5) is 0 Å². The number of hydrogen-bond donors (Lipinski definition) is 1. The van der Waals surface area contributed by atoms with Crippen LogP contribution in [0.25, 0.3) is 0 Å². The maximum atomic E-state index is 12.1. The van der Waals surface area contributed by atoms with Crippen molar-refractivity contribution in [2.45, 2.75) is 76.6 Å². The molecule has 128 valence electrons. The van der Waals surface area contributed by atoms with Gasteiger partial charge in [0.1, 0.15) is 12.2 Å². The number of ether oxygens (including phenoxy) is 2. The minimum Gasteiger partial charge on any atom is -0.458 e. The molecule has 0 aromatic rings. The van der Waals surface area contributed by atoms with Gasteiger partial charge in [-0.15, -0.1) is 0 Å². The van der Waals surface area contributed by atoms with Gasteiger partial charge in [-0.2, -0.15) is 0 Å². The van der Waals surface area contributed by atoms with Gasteiger partial charge in [-0.25, -0.2) is 0 Å². The summed E-state index contributed by atoms with van der Waals surface area (Å²) in [4.78, 5) is 24.2. The molecule has 22 heavy (non-hydrogen) atoms. The molecule has 0 unspecified atom stereocenters. The van der Waals surface area contributed by atoms with E-state index in [2.05, 4.69) is 22.6 Å². The van der Waals surface area contributed by atoms with E-state index in [4.69, 9.17) is 9.47 Å². The quantitative estimate of drug-likeness (QED) is 0.418. The lowest BCUT2D eigenvalue weighted by Crippen LogP contribution is -2.52. The molecule has 1 saturated carbocycles. The Morgan fingerprint density at radius 2 is 1.41 bits per heavy atom. The normalized spacial score (nSPS) is 29.8. The molecule has 0 aromatic heterocycles. The first-order valence-corrected chi connectivity index (χ1v) is 8.83. The second kappa shape index (κ2) is 7.03. The average molecular weight is 426 g/mol. The van der Waals surface area contributed by atoms with Crippen LogP contribution in [0.3, 0.4) is 0 Å². The van der Waals surface area contributed by atoms with E-state index < -0.39 is 35.1 Å². The van der Waals surface area contributed by atoms with Crippen molar-refractivity contribution in [3.05, 3.63) is 0 Å². The molecule has 4 atom stereocenters. The monoisotopic (exact) mass is 426 g/mol. The van der Waals surface area contributed by atoms with E-state index in [-0.39, 0.29) is 9.89 Å². The fourth-order valence-electron chi connectivity index (χ4n) is 1.97. The Labute approximate surface area is 146 Å². The standard InChI is InChI=1S/C16H27IO5/c1-15(2,3)13(19)21-10-8-7-9(17)11(18)12(10)22-14(20)16(4,5)6/h9-12,18H,7-8H2,1-6H3/t9-,10-,11+,12-/m1/s1. The largest absolute Gasteiger partial charge is 0.458 e. The van der Waals surface area contributed by atoms with Crippen LogP contribution in [0.15, 0.2) is 0 Å². The number of aliphatic hydroxyl groups is 1. The molecule has 6 heteroatoms. The van der Waals surface area contributed by atoms with Crippen LogP contribution >= 0.6 is 22.6 Å². The zero-order valence-electron chi connectivity index (χ0n) is 14.2. The summed E-state index contributed by atoms with van der Waals surface area (Å²) >= 11 is 2.14. The van der Waals surface area contributed by atoms with Crippen molar-refractivity contribution in [3.63, 3.8) is 0 Å². The maximum absolute atomic E-state index is 12.1. The molecule has 0 spiro atoms. The van der Waals surface area contributed by atoms with Crippen molar-refractivity contribution >= 4 is 34.5 Å². The Kier molecular flexibility index (Phi) is 6.29. The van der Waals surface area contributed by atoms with E-state index in [1.807, 2.05) is 0 Å². The van der Waals surface area contributed by atoms with Crippen molar-refractivity contribution in [2.75, 3.05) is 0 Å². The predicted octanol–water partition coefficient (Wildman–Crippen LogP) is 2.86. The van der Waals surface area contributed by atoms with Crippen LogP contribution in [0.5, 0.6) is 0 Å². The van der Waals surface area contributed by atoms with Gasteiger partial charge in [-0.05, 0) is 54.4 Å². The lowest BCUT2D eigenvalue weighted by molar-refractivity contribution is -0.191. The van der Waals surface area contributed by atoms with Crippen molar-refractivity contribution in [3.8, 4) is 0 Å². The lowest BCUT2D eigenvalue weighted by Gasteiger charge is -2.39. The minimum absolute atomic E-state index is 0.0278. The number of rotatable bonds is 2. The molecule has 0 saturated heterocycles. The molecule has 0 bridgehead atoms. The molecule has 5 nitrogen and oxygen atoms in total. The first-order chi connectivity index (χ1) is 9.84. The highest BCUT2D eigenvalue weighted by molar-refractivity contribution is 14.1. The predicted molar refractivity (Wildman–Crippen MR) is 91.7 cm³/mol. The minimum atomic E-state index is -0.835. The van der Waals surface area contributed by atoms with Gasteiger partial charge in [-0.1, -0.05) is 22.6 Å². The van der Waals surface area contributed by atoms with E-state index in [1.54, 1.807) is 41.5 Å². The highest BCUT2D eigenvalue weighted by Crippen LogP contribution is 2.32. The Morgan fingerprint density at radius 3 is 1.86 bits per heavy atom. The molecule has 0 aliphatic heterocycles. The Morgan fingerprint density at radius 1 is 0.955 bits per heavy atom. The number of carbonyl (C=O) groups is 2. The third-order valence-corrected chi connectivity index (χ3v) is 4.89. The van der Waals surface area contributed by atoms with Crippen LogP contribution in [0, 0.1) is 10.8 Å². The number of alkyl halides is 1. The highest BCUT2D eigenvalue weighted by atomic mass is 127. The van der Waals surface area contributed by atoms with E-state index in [9.17, 15) is 14.7 Å². The Hall–Kier alpha value is -0.370. The number of halogens is 1. The van der Waals surface area contributed by atoms with Crippen molar-refractivity contribution < 1.29 is 24.2 Å². The molecular weight excluding hydrogens is 399 g/mol. The third kappa shape index (κ3) is 5.08. The summed E-state index contributed by atoms with van der Waals surface area (Å²) in [6, 6.07) is 0. The van der Waals surface area contributed by atoms with Gasteiger partial charge in [0.2, 0.25) is 0 Å². The SMILES string of the molecule is CC(C)(C)C(=O)O[C@H]1[C@@H](O)[C@H](I)CC[C@H]1OC(=O)C(C)(C)C. The maximum Gasteiger partial charge on any atom is 0.311 e. The molecule has 0 radical (unpaired) electrons. The summed E-state index contributed by atoms with van der Waals surface area (Å²) in [5.74, 6) is -0.757. The zero-order valence-corrected chi connectivity index (χ0v) is 16.3. The lowest BCUT2D eigenvalue weighted by atomic mass is 9.90. The van der Waals surface area contributed by atoms with Crippen LogP contribution < -0.4 is 0 Å². The number of carbonyl (C=O) groups excluding carboxylic acids is 2. The Bertz CT molecular complexity index is 421. The van der Waals surface area contributed by atoms with Gasteiger partial charge in [0.25, 0.3) is 0 Å². The Balaban J connectivity index is 2.89. The van der Waals surface area contributed by atoms with E-state index in [0.29, 0.717) is 12.8 Å². The van der Waals surface area contributed by atoms with Crippen LogP contribution in [0.1, 0.15) is 54.4 Å². The van der Waals surface area contributed by atoms with Gasteiger partial charge in [-0.3, -0.25) is 9.59 Å². The molecule has 0 aromatic carbocycles. The summed E-state index contributed by atoms with van der Waals surface area (Å²) in [5, 5.41) is 10.4. The number of esters is 2. The third-order valence-electron chi connectivity index (χ3n) is 3.53. The molecule has 0 amide bonds. The van der Waals surface area contributed by atoms with Gasteiger partial charge in [0.15, 0.2) is 6.10 Å². The molecule has 1 rings (SSSR count). The van der Waals surface area contributed by atoms with E-state index >= 15 is 0 Å². The molecule has 1 N–H and O–H groups in total. The zero-order chi connectivity index (χ0) is 17.3. The fraction of sp³-hybridized carbons (Fsp3) is 0.875. The van der Waals surface area contributed by atoms with E-state index in [1.165, 1.54) is 0 Å². The van der Waals surface area contributed by atoms with Gasteiger partial charge >= 0.3 is 11.9 Å². The van der Waals surface area contributed by atoms with Gasteiger partial charge < -0.3 is 14.6 Å². The molecule has 1 aliphatic carbocycles. The molecule has 1 aliphatic rings. The van der Waals surface area contributed by atoms with Gasteiger partial charge in [0, 0.05) is 3.92 Å². The summed E-state index contributed by atoms with van der Waals surface area (Å²) in [6.45, 7) is 10.6. The second-order valence-corrected chi connectivity index (χ2v) is 9.50.